The number of carbonyl (C=O) groups is 6. The SMILES string of the molecule is CCCC(NC(=O)[C@@H]1C[C@H]2CN1C(=O)[C@H](C(C)(C)C)NC(=O)Cc1cccc(c1)OCCCO2)C(O)C(=O)NCC(=O)N[C@H](C(=O)N(C)C)c1ccccc1. The number of benzene rings is 2. The smallest absolute Gasteiger partial charge is 0.251 e. The van der Waals surface area contributed by atoms with E-state index < -0.39 is 72.0 Å². The molecule has 15 heteroatoms. The second-order valence-corrected chi connectivity index (χ2v) is 15.3. The number of nitrogens with one attached hydrogen (secondary N) is 4. The van der Waals surface area contributed by atoms with Gasteiger partial charge in [0.1, 0.15) is 23.9 Å². The lowest BCUT2D eigenvalue weighted by Gasteiger charge is -2.36. The van der Waals surface area contributed by atoms with Gasteiger partial charge in [0.15, 0.2) is 6.10 Å². The van der Waals surface area contributed by atoms with Gasteiger partial charge in [0.05, 0.1) is 38.3 Å². The fourth-order valence-electron chi connectivity index (χ4n) is 6.62. The van der Waals surface area contributed by atoms with E-state index in [1.807, 2.05) is 39.8 Å². The maximum atomic E-state index is 14.3. The van der Waals surface area contributed by atoms with Crippen LogP contribution in [-0.2, 0) is 39.9 Å². The van der Waals surface area contributed by atoms with Gasteiger partial charge in [0.2, 0.25) is 29.5 Å². The molecule has 4 rings (SSSR count). The fourth-order valence-corrected chi connectivity index (χ4v) is 6.62. The summed E-state index contributed by atoms with van der Waals surface area (Å²) in [6, 6.07) is 11.8. The molecule has 5 N–H and O–H groups in total. The van der Waals surface area contributed by atoms with Gasteiger partial charge in [-0.05, 0) is 35.1 Å². The number of amides is 6. The number of aliphatic hydroxyl groups excluding tert-OH is 1. The number of rotatable bonds is 11. The molecule has 2 heterocycles. The molecule has 0 saturated carbocycles. The van der Waals surface area contributed by atoms with Crippen molar-refractivity contribution in [1.29, 1.82) is 0 Å². The highest BCUT2D eigenvalue weighted by Crippen LogP contribution is 2.28. The molecule has 6 amide bonds. The third kappa shape index (κ3) is 12.0. The van der Waals surface area contributed by atoms with Gasteiger partial charge < -0.3 is 45.6 Å². The van der Waals surface area contributed by atoms with Crippen LogP contribution in [-0.4, -0.2) is 121 Å². The van der Waals surface area contributed by atoms with E-state index in [9.17, 15) is 33.9 Å². The second-order valence-electron chi connectivity index (χ2n) is 15.3. The van der Waals surface area contributed by atoms with Crippen molar-refractivity contribution in [1.82, 2.24) is 31.1 Å². The lowest BCUT2D eigenvalue weighted by atomic mass is 9.85. The minimum absolute atomic E-state index is 0.0227. The van der Waals surface area contributed by atoms with Gasteiger partial charge in [-0.2, -0.15) is 0 Å². The van der Waals surface area contributed by atoms with Crippen molar-refractivity contribution in [3.05, 3.63) is 65.7 Å². The summed E-state index contributed by atoms with van der Waals surface area (Å²) >= 11 is 0. The maximum Gasteiger partial charge on any atom is 0.251 e. The van der Waals surface area contributed by atoms with Gasteiger partial charge in [-0.3, -0.25) is 28.8 Å². The normalized spacial score (nSPS) is 20.9. The Morgan fingerprint density at radius 2 is 1.75 bits per heavy atom. The standard InChI is InChI=1S/C40H56N6O9/c1-7-13-29(34(49)37(51)41-23-32(48)43-33(38(52)45(5)6)26-15-9-8-10-16-26)42-36(50)30-22-28-24-46(30)39(53)35(40(2,3)4)44-31(47)21-25-14-11-17-27(20-25)54-18-12-19-55-28/h8-11,14-17,20,28-30,33-35,49H,7,12-13,18-19,21-24H2,1-6H3,(H,41,51)(H,42,50)(H,43,48)(H,44,47)/t28-,29?,30-,33-,34?,35+/m0/s1. The zero-order valence-corrected chi connectivity index (χ0v) is 32.6. The van der Waals surface area contributed by atoms with E-state index in [0.29, 0.717) is 37.4 Å². The van der Waals surface area contributed by atoms with Crippen LogP contribution in [0.4, 0.5) is 0 Å². The number of hydrogen-bond acceptors (Lipinski definition) is 9. The Balaban J connectivity index is 1.46. The minimum atomic E-state index is -1.74. The molecule has 1 saturated heterocycles. The first-order valence-corrected chi connectivity index (χ1v) is 18.8. The van der Waals surface area contributed by atoms with Gasteiger partial charge in [-0.15, -0.1) is 0 Å². The molecule has 0 radical (unpaired) electrons. The van der Waals surface area contributed by atoms with Crippen LogP contribution in [0.25, 0.3) is 0 Å². The molecule has 4 bridgehead atoms. The number of fused-ring (bicyclic) bond motifs is 4. The van der Waals surface area contributed by atoms with Crippen molar-refractivity contribution < 1.29 is 43.3 Å². The number of nitrogens with zero attached hydrogens (tertiary/aromatic N) is 2. The Bertz CT molecular complexity index is 1660. The molecule has 2 aliphatic heterocycles. The van der Waals surface area contributed by atoms with E-state index in [4.69, 9.17) is 9.47 Å². The minimum Gasteiger partial charge on any atom is -0.493 e. The van der Waals surface area contributed by atoms with E-state index in [0.717, 1.165) is 5.56 Å². The average molecular weight is 765 g/mol. The first kappa shape index (κ1) is 42.7. The monoisotopic (exact) mass is 764 g/mol. The Kier molecular flexibility index (Phi) is 15.2. The molecule has 2 aromatic carbocycles. The molecule has 6 atom stereocenters. The third-order valence-corrected chi connectivity index (χ3v) is 9.57. The summed E-state index contributed by atoms with van der Waals surface area (Å²) in [5.74, 6) is -2.71. The highest BCUT2D eigenvalue weighted by atomic mass is 16.5. The van der Waals surface area contributed by atoms with Crippen LogP contribution in [0.15, 0.2) is 54.6 Å². The summed E-state index contributed by atoms with van der Waals surface area (Å²) in [4.78, 5) is 83.3. The lowest BCUT2D eigenvalue weighted by Crippen LogP contribution is -2.59. The predicted octanol–water partition coefficient (Wildman–Crippen LogP) is 1.24. The van der Waals surface area contributed by atoms with Crippen LogP contribution in [0.1, 0.15) is 70.5 Å². The Labute approximate surface area is 322 Å². The first-order chi connectivity index (χ1) is 26.1. The van der Waals surface area contributed by atoms with E-state index in [1.165, 1.54) is 9.80 Å². The van der Waals surface area contributed by atoms with Crippen molar-refractivity contribution in [2.75, 3.05) is 40.4 Å². The van der Waals surface area contributed by atoms with Gasteiger partial charge in [0, 0.05) is 33.5 Å². The van der Waals surface area contributed by atoms with E-state index >= 15 is 0 Å². The molecule has 300 valence electrons. The molecule has 0 spiro atoms. The number of aliphatic hydroxyl groups is 1. The second kappa shape index (κ2) is 19.5. The van der Waals surface area contributed by atoms with E-state index in [-0.39, 0.29) is 37.6 Å². The Hall–Kier alpha value is -5.02. The molecule has 15 nitrogen and oxygen atoms in total. The van der Waals surface area contributed by atoms with Crippen LogP contribution in [0.3, 0.4) is 0 Å². The van der Waals surface area contributed by atoms with E-state index in [2.05, 4.69) is 21.3 Å². The van der Waals surface area contributed by atoms with Gasteiger partial charge in [-0.25, -0.2) is 0 Å². The molecule has 2 aliphatic rings. The lowest BCUT2D eigenvalue weighted by molar-refractivity contribution is -0.144. The topological polar surface area (TPSA) is 196 Å². The molecular weight excluding hydrogens is 708 g/mol. The third-order valence-electron chi connectivity index (χ3n) is 9.57. The molecular formula is C40H56N6O9. The Morgan fingerprint density at radius 1 is 1.02 bits per heavy atom. The summed E-state index contributed by atoms with van der Waals surface area (Å²) in [7, 11) is 3.13. The van der Waals surface area contributed by atoms with Crippen molar-refractivity contribution in [3.8, 4) is 5.75 Å². The predicted molar refractivity (Wildman–Crippen MR) is 203 cm³/mol. The summed E-state index contributed by atoms with van der Waals surface area (Å²) in [5, 5.41) is 21.9. The largest absolute Gasteiger partial charge is 0.493 e. The summed E-state index contributed by atoms with van der Waals surface area (Å²) < 4.78 is 12.0. The van der Waals surface area contributed by atoms with Crippen molar-refractivity contribution in [2.24, 2.45) is 5.41 Å². The average Bonchev–Trinajstić information content (AvgIpc) is 3.58. The molecule has 55 heavy (non-hydrogen) atoms. The zero-order valence-electron chi connectivity index (χ0n) is 32.6. The van der Waals surface area contributed by atoms with Crippen molar-refractivity contribution >= 4 is 35.4 Å². The molecule has 0 aliphatic carbocycles. The highest BCUT2D eigenvalue weighted by molar-refractivity contribution is 5.94. The highest BCUT2D eigenvalue weighted by Gasteiger charge is 2.46. The zero-order chi connectivity index (χ0) is 40.3. The fraction of sp³-hybridized carbons (Fsp3) is 0.550. The van der Waals surface area contributed by atoms with Gasteiger partial charge in [0.25, 0.3) is 5.91 Å². The van der Waals surface area contributed by atoms with Crippen LogP contribution in [0.2, 0.25) is 0 Å². The van der Waals surface area contributed by atoms with Crippen LogP contribution in [0, 0.1) is 5.41 Å². The Morgan fingerprint density at radius 3 is 2.42 bits per heavy atom. The van der Waals surface area contributed by atoms with Crippen LogP contribution in [0.5, 0.6) is 5.75 Å². The number of ether oxygens (including phenoxy) is 2. The molecule has 2 aromatic rings. The van der Waals surface area contributed by atoms with Crippen molar-refractivity contribution in [2.45, 2.75) is 96.2 Å². The van der Waals surface area contributed by atoms with E-state index in [1.54, 1.807) is 56.6 Å². The number of carbonyl (C=O) groups excluding carboxylic acids is 6. The van der Waals surface area contributed by atoms with Crippen LogP contribution >= 0.6 is 0 Å². The summed E-state index contributed by atoms with van der Waals surface area (Å²) in [6.07, 6.45) is -0.813. The summed E-state index contributed by atoms with van der Waals surface area (Å²) in [5.41, 5.74) is 0.552. The van der Waals surface area contributed by atoms with Gasteiger partial charge >= 0.3 is 0 Å². The summed E-state index contributed by atoms with van der Waals surface area (Å²) in [6.45, 7) is 7.56. The number of likely N-dealkylation sites (N-methyl/N-ethyl adjacent to an activating group) is 1. The maximum absolute atomic E-state index is 14.3. The first-order valence-electron chi connectivity index (χ1n) is 18.8. The molecule has 0 aromatic heterocycles. The van der Waals surface area contributed by atoms with Gasteiger partial charge in [-0.1, -0.05) is 76.6 Å². The van der Waals surface area contributed by atoms with Crippen LogP contribution < -0.4 is 26.0 Å². The number of hydrogen-bond donors (Lipinski definition) is 5. The quantitative estimate of drug-likeness (QED) is 0.224. The molecule has 2 unspecified atom stereocenters. The van der Waals surface area contributed by atoms with Crippen molar-refractivity contribution in [3.63, 3.8) is 0 Å². The molecule has 1 fully saturated rings.